The van der Waals surface area contributed by atoms with Crippen LogP contribution in [0.4, 0.5) is 0 Å². The van der Waals surface area contributed by atoms with Crippen molar-refractivity contribution in [3.05, 3.63) is 71.4 Å². The van der Waals surface area contributed by atoms with E-state index in [0.29, 0.717) is 5.69 Å². The second-order valence-corrected chi connectivity index (χ2v) is 7.12. The van der Waals surface area contributed by atoms with Gasteiger partial charge in [0.25, 0.3) is 5.91 Å². The molecule has 0 saturated carbocycles. The summed E-state index contributed by atoms with van der Waals surface area (Å²) in [5.41, 5.74) is 3.87. The number of nitrogens with zero attached hydrogens (tertiary/aromatic N) is 1. The van der Waals surface area contributed by atoms with Gasteiger partial charge in [-0.1, -0.05) is 42.5 Å². The minimum atomic E-state index is -0.0778. The Morgan fingerprint density at radius 3 is 2.70 bits per heavy atom. The summed E-state index contributed by atoms with van der Waals surface area (Å²) in [4.78, 5) is 18.5. The van der Waals surface area contributed by atoms with Gasteiger partial charge in [-0.05, 0) is 30.2 Å². The third kappa shape index (κ3) is 4.21. The second kappa shape index (κ2) is 7.94. The number of morpholine rings is 1. The van der Waals surface area contributed by atoms with E-state index in [1.165, 1.54) is 5.56 Å². The number of benzene rings is 2. The van der Waals surface area contributed by atoms with Gasteiger partial charge in [-0.25, -0.2) is 0 Å². The van der Waals surface area contributed by atoms with Crippen molar-refractivity contribution >= 4 is 16.8 Å². The first kappa shape index (κ1) is 17.8. The molecule has 2 heterocycles. The maximum absolute atomic E-state index is 12.9. The van der Waals surface area contributed by atoms with Gasteiger partial charge in [-0.2, -0.15) is 0 Å². The summed E-state index contributed by atoms with van der Waals surface area (Å²) < 4.78 is 5.45. The van der Waals surface area contributed by atoms with Gasteiger partial charge < -0.3 is 15.0 Å². The number of H-pyrrole nitrogens is 1. The van der Waals surface area contributed by atoms with Crippen LogP contribution < -0.4 is 5.32 Å². The number of fused-ring (bicyclic) bond motifs is 1. The molecule has 1 aliphatic rings. The minimum Gasteiger partial charge on any atom is -0.379 e. The van der Waals surface area contributed by atoms with Crippen molar-refractivity contribution in [1.29, 1.82) is 0 Å². The van der Waals surface area contributed by atoms with E-state index in [4.69, 9.17) is 4.74 Å². The molecule has 27 heavy (non-hydrogen) atoms. The number of carbonyl (C=O) groups excluding carboxylic acids is 1. The van der Waals surface area contributed by atoms with Crippen molar-refractivity contribution in [3.8, 4) is 0 Å². The number of aromatic nitrogens is 1. The van der Waals surface area contributed by atoms with Crippen LogP contribution in [0, 0.1) is 6.92 Å². The lowest BCUT2D eigenvalue weighted by atomic mass is 10.1. The van der Waals surface area contributed by atoms with E-state index in [1.807, 2.05) is 37.3 Å². The fourth-order valence-corrected chi connectivity index (χ4v) is 3.56. The maximum Gasteiger partial charge on any atom is 0.268 e. The molecule has 3 aromatic rings. The molecule has 1 fully saturated rings. The molecule has 0 aliphatic carbocycles. The fourth-order valence-electron chi connectivity index (χ4n) is 3.56. The normalized spacial score (nSPS) is 16.3. The van der Waals surface area contributed by atoms with Crippen molar-refractivity contribution in [2.45, 2.75) is 13.0 Å². The molecule has 1 saturated heterocycles. The molecule has 0 bridgehead atoms. The Morgan fingerprint density at radius 2 is 1.93 bits per heavy atom. The number of hydrogen-bond acceptors (Lipinski definition) is 3. The van der Waals surface area contributed by atoms with Crippen LogP contribution >= 0.6 is 0 Å². The molecular weight excluding hydrogens is 338 g/mol. The highest BCUT2D eigenvalue weighted by Gasteiger charge is 2.21. The Bertz CT molecular complexity index is 914. The molecule has 0 spiro atoms. The van der Waals surface area contributed by atoms with Crippen molar-refractivity contribution < 1.29 is 9.53 Å². The van der Waals surface area contributed by atoms with E-state index in [-0.39, 0.29) is 11.9 Å². The largest absolute Gasteiger partial charge is 0.379 e. The van der Waals surface area contributed by atoms with Gasteiger partial charge in [0.15, 0.2) is 0 Å². The van der Waals surface area contributed by atoms with Crippen molar-refractivity contribution in [2.24, 2.45) is 0 Å². The summed E-state index contributed by atoms with van der Waals surface area (Å²) in [5, 5.41) is 4.27. The van der Waals surface area contributed by atoms with Crippen LogP contribution in [-0.2, 0) is 4.74 Å². The Hall–Kier alpha value is -2.63. The van der Waals surface area contributed by atoms with Gasteiger partial charge >= 0.3 is 0 Å². The molecular formula is C22H25N3O2. The summed E-state index contributed by atoms with van der Waals surface area (Å²) in [7, 11) is 0. The quantitative estimate of drug-likeness (QED) is 0.731. The molecule has 1 unspecified atom stereocenters. The first-order chi connectivity index (χ1) is 13.2. The maximum atomic E-state index is 12.9. The van der Waals surface area contributed by atoms with E-state index in [0.717, 1.165) is 49.3 Å². The van der Waals surface area contributed by atoms with Crippen LogP contribution in [0.3, 0.4) is 0 Å². The van der Waals surface area contributed by atoms with Gasteiger partial charge in [-0.15, -0.1) is 0 Å². The first-order valence-electron chi connectivity index (χ1n) is 9.44. The highest BCUT2D eigenvalue weighted by molar-refractivity contribution is 5.98. The SMILES string of the molecule is Cc1ccc2cc(C(=O)NC(CN3CCOCC3)c3ccccc3)[nH]c2c1. The van der Waals surface area contributed by atoms with Crippen LogP contribution in [0.5, 0.6) is 0 Å². The fraction of sp³-hybridized carbons (Fsp3) is 0.318. The number of rotatable bonds is 5. The Balaban J connectivity index is 1.54. The highest BCUT2D eigenvalue weighted by atomic mass is 16.5. The van der Waals surface area contributed by atoms with Crippen molar-refractivity contribution in [2.75, 3.05) is 32.8 Å². The molecule has 2 aromatic carbocycles. The van der Waals surface area contributed by atoms with Gasteiger partial charge in [0.05, 0.1) is 19.3 Å². The average Bonchev–Trinajstić information content (AvgIpc) is 3.12. The highest BCUT2D eigenvalue weighted by Crippen LogP contribution is 2.19. The molecule has 4 rings (SSSR count). The van der Waals surface area contributed by atoms with Gasteiger partial charge in [0.2, 0.25) is 0 Å². The number of carbonyl (C=O) groups is 1. The zero-order valence-electron chi connectivity index (χ0n) is 15.6. The molecule has 0 radical (unpaired) electrons. The van der Waals surface area contributed by atoms with Crippen LogP contribution in [0.2, 0.25) is 0 Å². The van der Waals surface area contributed by atoms with E-state index in [9.17, 15) is 4.79 Å². The summed E-state index contributed by atoms with van der Waals surface area (Å²) in [6, 6.07) is 18.2. The molecule has 5 nitrogen and oxygen atoms in total. The summed E-state index contributed by atoms with van der Waals surface area (Å²) in [5.74, 6) is -0.0778. The van der Waals surface area contributed by atoms with Crippen molar-refractivity contribution in [1.82, 2.24) is 15.2 Å². The monoisotopic (exact) mass is 363 g/mol. The van der Waals surface area contributed by atoms with Gasteiger partial charge in [-0.3, -0.25) is 9.69 Å². The first-order valence-corrected chi connectivity index (χ1v) is 9.44. The lowest BCUT2D eigenvalue weighted by Crippen LogP contribution is -2.43. The molecule has 1 aromatic heterocycles. The number of nitrogens with one attached hydrogen (secondary N) is 2. The van der Waals surface area contributed by atoms with E-state index >= 15 is 0 Å². The topological polar surface area (TPSA) is 57.4 Å². The van der Waals surface area contributed by atoms with E-state index in [1.54, 1.807) is 0 Å². The second-order valence-electron chi connectivity index (χ2n) is 7.12. The lowest BCUT2D eigenvalue weighted by molar-refractivity contribution is 0.0332. The number of ether oxygens (including phenoxy) is 1. The molecule has 2 N–H and O–H groups in total. The predicted octanol–water partition coefficient (Wildman–Crippen LogP) is 3.28. The van der Waals surface area contributed by atoms with Crippen LogP contribution in [0.15, 0.2) is 54.6 Å². The molecule has 140 valence electrons. The Morgan fingerprint density at radius 1 is 1.15 bits per heavy atom. The summed E-state index contributed by atoms with van der Waals surface area (Å²) >= 11 is 0. The molecule has 1 amide bonds. The van der Waals surface area contributed by atoms with Crippen LogP contribution in [0.25, 0.3) is 10.9 Å². The zero-order valence-corrected chi connectivity index (χ0v) is 15.6. The van der Waals surface area contributed by atoms with Gasteiger partial charge in [0, 0.05) is 30.5 Å². The third-order valence-electron chi connectivity index (χ3n) is 5.07. The van der Waals surface area contributed by atoms with Crippen LogP contribution in [0.1, 0.15) is 27.7 Å². The molecule has 1 aliphatic heterocycles. The van der Waals surface area contributed by atoms with Crippen LogP contribution in [-0.4, -0.2) is 48.6 Å². The number of aromatic amines is 1. The van der Waals surface area contributed by atoms with E-state index in [2.05, 4.69) is 39.5 Å². The number of aryl methyl sites for hydroxylation is 1. The summed E-state index contributed by atoms with van der Waals surface area (Å²) in [6.45, 7) is 6.11. The van der Waals surface area contributed by atoms with Crippen molar-refractivity contribution in [3.63, 3.8) is 0 Å². The third-order valence-corrected chi connectivity index (χ3v) is 5.07. The molecule has 5 heteroatoms. The Kier molecular flexibility index (Phi) is 5.23. The van der Waals surface area contributed by atoms with E-state index < -0.39 is 0 Å². The summed E-state index contributed by atoms with van der Waals surface area (Å²) in [6.07, 6.45) is 0. The van der Waals surface area contributed by atoms with Gasteiger partial charge in [0.1, 0.15) is 5.69 Å². The standard InChI is InChI=1S/C22H25N3O2/c1-16-7-8-18-14-20(23-19(18)13-16)22(26)24-21(17-5-3-2-4-6-17)15-25-9-11-27-12-10-25/h2-8,13-14,21,23H,9-12,15H2,1H3,(H,24,26). The molecule has 1 atom stereocenters. The lowest BCUT2D eigenvalue weighted by Gasteiger charge is -2.31. The minimum absolute atomic E-state index is 0.0649. The number of hydrogen-bond donors (Lipinski definition) is 2. The number of amides is 1. The average molecular weight is 363 g/mol. The Labute approximate surface area is 159 Å². The predicted molar refractivity (Wildman–Crippen MR) is 107 cm³/mol. The smallest absolute Gasteiger partial charge is 0.268 e. The zero-order chi connectivity index (χ0) is 18.6.